The zero-order chi connectivity index (χ0) is 19.6. The van der Waals surface area contributed by atoms with Crippen molar-refractivity contribution in [3.05, 3.63) is 48.6 Å². The van der Waals surface area contributed by atoms with Gasteiger partial charge in [0.05, 0.1) is 6.04 Å². The van der Waals surface area contributed by atoms with Crippen molar-refractivity contribution in [2.75, 3.05) is 0 Å². The Morgan fingerprint density at radius 2 is 1.81 bits per heavy atom. The van der Waals surface area contributed by atoms with Crippen molar-refractivity contribution in [3.8, 4) is 0 Å². The maximum atomic E-state index is 12.6. The normalized spacial score (nSPS) is 12.2. The van der Waals surface area contributed by atoms with E-state index in [0.29, 0.717) is 6.42 Å². The van der Waals surface area contributed by atoms with E-state index in [1.54, 1.807) is 26.8 Å². The van der Waals surface area contributed by atoms with Gasteiger partial charge in [-0.15, -0.1) is 6.58 Å². The predicted molar refractivity (Wildman–Crippen MR) is 103 cm³/mol. The second-order valence-electron chi connectivity index (χ2n) is 7.19. The first-order chi connectivity index (χ1) is 12.3. The van der Waals surface area contributed by atoms with Crippen LogP contribution in [0.25, 0.3) is 0 Å². The van der Waals surface area contributed by atoms with Crippen molar-refractivity contribution >= 4 is 12.2 Å². The molecule has 0 saturated carbocycles. The summed E-state index contributed by atoms with van der Waals surface area (Å²) >= 11 is 0. The number of nitrogens with zero attached hydrogens (tertiary/aromatic N) is 1. The summed E-state index contributed by atoms with van der Waals surface area (Å²) in [5.74, 6) is 0. The number of benzene rings is 1. The first kappa shape index (κ1) is 21.7. The van der Waals surface area contributed by atoms with E-state index in [2.05, 4.69) is 13.5 Å². The Morgan fingerprint density at radius 3 is 2.35 bits per heavy atom. The van der Waals surface area contributed by atoms with Gasteiger partial charge in [-0.2, -0.15) is 0 Å². The maximum Gasteiger partial charge on any atom is 0.420 e. The summed E-state index contributed by atoms with van der Waals surface area (Å²) in [5.41, 5.74) is 0.149. The first-order valence-corrected chi connectivity index (χ1v) is 9.14. The lowest BCUT2D eigenvalue weighted by Crippen LogP contribution is -2.46. The quantitative estimate of drug-likeness (QED) is 0.440. The molecule has 1 aromatic rings. The molecule has 0 aromatic heterocycles. The topological polar surface area (TPSA) is 55.8 Å². The Labute approximate surface area is 157 Å². The number of carbonyl (C=O) groups is 2. The molecule has 1 unspecified atom stereocenters. The van der Waals surface area contributed by atoms with Gasteiger partial charge in [0, 0.05) is 0 Å². The van der Waals surface area contributed by atoms with Crippen molar-refractivity contribution in [1.82, 2.24) is 4.90 Å². The fourth-order valence-corrected chi connectivity index (χ4v) is 2.40. The Bertz CT molecular complexity index is 577. The molecule has 0 spiro atoms. The lowest BCUT2D eigenvalue weighted by molar-refractivity contribution is 0.0151. The van der Waals surface area contributed by atoms with E-state index >= 15 is 0 Å². The number of rotatable bonds is 8. The van der Waals surface area contributed by atoms with Crippen molar-refractivity contribution in [2.24, 2.45) is 0 Å². The summed E-state index contributed by atoms with van der Waals surface area (Å²) < 4.78 is 10.8. The molecule has 0 heterocycles. The SMILES string of the molecule is C=CC(CCCCC)N(C(=O)OCc1ccccc1)C(=O)OC(C)(C)C. The fraction of sp³-hybridized carbons (Fsp3) is 0.524. The van der Waals surface area contributed by atoms with Crippen LogP contribution < -0.4 is 0 Å². The zero-order valence-corrected chi connectivity index (χ0v) is 16.4. The van der Waals surface area contributed by atoms with E-state index in [0.717, 1.165) is 29.7 Å². The predicted octanol–water partition coefficient (Wildman–Crippen LogP) is 5.70. The summed E-state index contributed by atoms with van der Waals surface area (Å²) in [6.07, 6.45) is 3.76. The van der Waals surface area contributed by atoms with Crippen LogP contribution in [0.4, 0.5) is 9.59 Å². The van der Waals surface area contributed by atoms with Crippen LogP contribution in [-0.4, -0.2) is 28.7 Å². The Balaban J connectivity index is 2.87. The average Bonchev–Trinajstić information content (AvgIpc) is 2.58. The van der Waals surface area contributed by atoms with E-state index in [-0.39, 0.29) is 6.61 Å². The minimum absolute atomic E-state index is 0.0950. The van der Waals surface area contributed by atoms with Gasteiger partial charge in [-0.05, 0) is 32.8 Å². The summed E-state index contributed by atoms with van der Waals surface area (Å²) in [6.45, 7) is 11.3. The Hall–Kier alpha value is -2.30. The minimum atomic E-state index is -0.718. The van der Waals surface area contributed by atoms with Crippen LogP contribution in [0.3, 0.4) is 0 Å². The van der Waals surface area contributed by atoms with Gasteiger partial charge in [0.15, 0.2) is 0 Å². The molecule has 5 nitrogen and oxygen atoms in total. The molecule has 0 aliphatic rings. The molecule has 2 amide bonds. The molecule has 1 atom stereocenters. The molecular weight excluding hydrogens is 330 g/mol. The molecule has 0 N–H and O–H groups in total. The van der Waals surface area contributed by atoms with E-state index in [4.69, 9.17) is 9.47 Å². The van der Waals surface area contributed by atoms with Gasteiger partial charge in [0.2, 0.25) is 0 Å². The number of ether oxygens (including phenoxy) is 2. The lowest BCUT2D eigenvalue weighted by atomic mass is 10.1. The van der Waals surface area contributed by atoms with E-state index in [9.17, 15) is 9.59 Å². The van der Waals surface area contributed by atoms with E-state index in [1.165, 1.54) is 0 Å². The van der Waals surface area contributed by atoms with Gasteiger partial charge in [0.25, 0.3) is 0 Å². The van der Waals surface area contributed by atoms with Gasteiger partial charge in [-0.3, -0.25) is 0 Å². The monoisotopic (exact) mass is 361 g/mol. The standard InChI is InChI=1S/C21H31NO4/c1-6-8-10-15-18(7-2)22(20(24)26-21(3,4)5)19(23)25-16-17-13-11-9-12-14-17/h7,9,11-14,18H,2,6,8,10,15-16H2,1,3-5H3. The highest BCUT2D eigenvalue weighted by Crippen LogP contribution is 2.18. The molecule has 0 aliphatic heterocycles. The average molecular weight is 361 g/mol. The van der Waals surface area contributed by atoms with E-state index in [1.807, 2.05) is 30.3 Å². The lowest BCUT2D eigenvalue weighted by Gasteiger charge is -2.30. The third kappa shape index (κ3) is 7.72. The molecular formula is C21H31NO4. The van der Waals surface area contributed by atoms with Gasteiger partial charge in [-0.1, -0.05) is 62.6 Å². The third-order valence-electron chi connectivity index (χ3n) is 3.70. The Morgan fingerprint density at radius 1 is 1.15 bits per heavy atom. The van der Waals surface area contributed by atoms with E-state index < -0.39 is 23.8 Å². The van der Waals surface area contributed by atoms with Gasteiger partial charge >= 0.3 is 12.2 Å². The summed E-state index contributed by atoms with van der Waals surface area (Å²) in [7, 11) is 0. The molecule has 0 saturated heterocycles. The molecule has 1 rings (SSSR count). The molecule has 0 radical (unpaired) electrons. The number of carbonyl (C=O) groups excluding carboxylic acids is 2. The highest BCUT2D eigenvalue weighted by atomic mass is 16.6. The van der Waals surface area contributed by atoms with Crippen molar-refractivity contribution in [1.29, 1.82) is 0 Å². The zero-order valence-electron chi connectivity index (χ0n) is 16.4. The molecule has 1 aromatic carbocycles. The van der Waals surface area contributed by atoms with Crippen molar-refractivity contribution < 1.29 is 19.1 Å². The number of unbranched alkanes of at least 4 members (excludes halogenated alkanes) is 2. The summed E-state index contributed by atoms with van der Waals surface area (Å²) in [4.78, 5) is 26.3. The molecule has 0 aliphatic carbocycles. The van der Waals surface area contributed by atoms with Crippen LogP contribution >= 0.6 is 0 Å². The van der Waals surface area contributed by atoms with Crippen molar-refractivity contribution in [2.45, 2.75) is 71.6 Å². The van der Waals surface area contributed by atoms with Crippen LogP contribution in [-0.2, 0) is 16.1 Å². The van der Waals surface area contributed by atoms with Gasteiger partial charge in [0.1, 0.15) is 12.2 Å². The van der Waals surface area contributed by atoms with Crippen molar-refractivity contribution in [3.63, 3.8) is 0 Å². The first-order valence-electron chi connectivity index (χ1n) is 9.14. The Kier molecular flexibility index (Phi) is 8.90. The van der Waals surface area contributed by atoms with Crippen LogP contribution in [0.1, 0.15) is 58.9 Å². The fourth-order valence-electron chi connectivity index (χ4n) is 2.40. The largest absolute Gasteiger partial charge is 0.444 e. The minimum Gasteiger partial charge on any atom is -0.444 e. The highest BCUT2D eigenvalue weighted by molar-refractivity contribution is 5.88. The van der Waals surface area contributed by atoms with Gasteiger partial charge in [-0.25, -0.2) is 14.5 Å². The van der Waals surface area contributed by atoms with Crippen LogP contribution in [0.15, 0.2) is 43.0 Å². The molecule has 26 heavy (non-hydrogen) atoms. The second kappa shape index (κ2) is 10.6. The number of hydrogen-bond acceptors (Lipinski definition) is 4. The second-order valence-corrected chi connectivity index (χ2v) is 7.19. The smallest absolute Gasteiger partial charge is 0.420 e. The number of hydrogen-bond donors (Lipinski definition) is 0. The maximum absolute atomic E-state index is 12.6. The number of imide groups is 1. The van der Waals surface area contributed by atoms with Crippen LogP contribution in [0.5, 0.6) is 0 Å². The van der Waals surface area contributed by atoms with Gasteiger partial charge < -0.3 is 9.47 Å². The summed E-state index contributed by atoms with van der Waals surface area (Å²) in [6, 6.07) is 8.88. The molecule has 144 valence electrons. The third-order valence-corrected chi connectivity index (χ3v) is 3.70. The highest BCUT2D eigenvalue weighted by Gasteiger charge is 2.33. The number of amides is 2. The molecule has 0 bridgehead atoms. The van der Waals surface area contributed by atoms with Crippen LogP contribution in [0.2, 0.25) is 0 Å². The van der Waals surface area contributed by atoms with Crippen LogP contribution in [0, 0.1) is 0 Å². The summed E-state index contributed by atoms with van der Waals surface area (Å²) in [5, 5.41) is 0. The molecule has 0 fully saturated rings. The molecule has 5 heteroatoms.